The number of ether oxygens (including phenoxy) is 1. The van der Waals surface area contributed by atoms with Crippen LogP contribution in [0.4, 0.5) is 0 Å². The number of hydrogen-bond donors (Lipinski definition) is 0. The first kappa shape index (κ1) is 26.6. The minimum Gasteiger partial charge on any atom is -0.456 e. The number of fused-ring (bicyclic) bond motifs is 1. The van der Waals surface area contributed by atoms with E-state index in [1.54, 1.807) is 18.2 Å². The summed E-state index contributed by atoms with van der Waals surface area (Å²) >= 11 is 0. The van der Waals surface area contributed by atoms with E-state index >= 15 is 0 Å². The van der Waals surface area contributed by atoms with Crippen LogP contribution >= 0.6 is 0 Å². The van der Waals surface area contributed by atoms with E-state index < -0.39 is 11.5 Å². The number of azide groups is 1. The number of amides is 1. The fourth-order valence-corrected chi connectivity index (χ4v) is 4.47. The van der Waals surface area contributed by atoms with Gasteiger partial charge < -0.3 is 9.30 Å². The van der Waals surface area contributed by atoms with Gasteiger partial charge in [-0.05, 0) is 85.2 Å². The van der Waals surface area contributed by atoms with Crippen molar-refractivity contribution in [3.05, 3.63) is 99.2 Å². The maximum absolute atomic E-state index is 12.8. The highest BCUT2D eigenvalue weighted by Gasteiger charge is 2.21. The fraction of sp³-hybridized carbons (Fsp3) is 0.300. The monoisotopic (exact) mass is 509 g/mol. The Labute approximate surface area is 221 Å². The fourth-order valence-electron chi connectivity index (χ4n) is 4.47. The van der Waals surface area contributed by atoms with Gasteiger partial charge in [-0.2, -0.15) is 0 Å². The van der Waals surface area contributed by atoms with E-state index in [-0.39, 0.29) is 5.97 Å². The molecule has 0 fully saturated rings. The van der Waals surface area contributed by atoms with Crippen LogP contribution in [-0.4, -0.2) is 27.0 Å². The summed E-state index contributed by atoms with van der Waals surface area (Å²) in [6, 6.07) is 19.0. The summed E-state index contributed by atoms with van der Waals surface area (Å²) in [6.07, 6.45) is 1.71. The van der Waals surface area contributed by atoms with Gasteiger partial charge in [-0.1, -0.05) is 49.4 Å². The summed E-state index contributed by atoms with van der Waals surface area (Å²) in [4.78, 5) is 32.6. The van der Waals surface area contributed by atoms with Crippen LogP contribution < -0.4 is 0 Å². The second-order valence-electron chi connectivity index (χ2n) is 10.3. The third kappa shape index (κ3) is 5.76. The van der Waals surface area contributed by atoms with Crippen molar-refractivity contribution in [2.24, 2.45) is 5.11 Å². The van der Waals surface area contributed by atoms with Gasteiger partial charge in [0.2, 0.25) is 5.91 Å². The van der Waals surface area contributed by atoms with Crippen molar-refractivity contribution in [3.8, 4) is 11.1 Å². The van der Waals surface area contributed by atoms with Crippen molar-refractivity contribution in [2.45, 2.75) is 59.6 Å². The second kappa shape index (κ2) is 10.9. The Kier molecular flexibility index (Phi) is 7.65. The van der Waals surface area contributed by atoms with Gasteiger partial charge in [0.15, 0.2) is 0 Å². The van der Waals surface area contributed by atoms with E-state index in [4.69, 9.17) is 15.3 Å². The molecule has 4 aromatic rings. The van der Waals surface area contributed by atoms with Gasteiger partial charge in [0.05, 0.1) is 16.6 Å². The summed E-state index contributed by atoms with van der Waals surface area (Å²) in [6.45, 7) is 10.1. The second-order valence-corrected chi connectivity index (χ2v) is 10.3. The predicted molar refractivity (Wildman–Crippen MR) is 148 cm³/mol. The number of carbonyl (C=O) groups excluding carboxylic acids is 2. The first-order valence-electron chi connectivity index (χ1n) is 12.6. The van der Waals surface area contributed by atoms with Crippen LogP contribution in [0, 0.1) is 6.92 Å². The van der Waals surface area contributed by atoms with Crippen LogP contribution in [0.1, 0.15) is 71.8 Å². The van der Waals surface area contributed by atoms with E-state index in [1.165, 1.54) is 0 Å². The van der Waals surface area contributed by atoms with Gasteiger partial charge in [-0.15, -0.1) is 0 Å². The van der Waals surface area contributed by atoms with Crippen molar-refractivity contribution in [1.82, 2.24) is 9.55 Å². The minimum absolute atomic E-state index is 0.339. The molecule has 1 heterocycles. The molecule has 0 bridgehead atoms. The summed E-state index contributed by atoms with van der Waals surface area (Å²) in [5, 5.41) is 3.26. The molecule has 8 nitrogen and oxygen atoms in total. The molecule has 0 unspecified atom stereocenters. The number of nitrogens with zero attached hydrogens (tertiary/aromatic N) is 5. The van der Waals surface area contributed by atoms with E-state index in [9.17, 15) is 9.59 Å². The van der Waals surface area contributed by atoms with Gasteiger partial charge in [-0.25, -0.2) is 9.78 Å². The zero-order valence-corrected chi connectivity index (χ0v) is 22.4. The molecule has 0 atom stereocenters. The summed E-state index contributed by atoms with van der Waals surface area (Å²) in [5.74, 6) is -0.0404. The van der Waals surface area contributed by atoms with Crippen molar-refractivity contribution in [2.75, 3.05) is 0 Å². The lowest BCUT2D eigenvalue weighted by atomic mass is 9.98. The number of esters is 1. The number of aryl methyl sites for hydroxylation is 2. The highest BCUT2D eigenvalue weighted by atomic mass is 16.6. The lowest BCUT2D eigenvalue weighted by Gasteiger charge is -2.20. The van der Waals surface area contributed by atoms with Gasteiger partial charge in [0, 0.05) is 23.4 Å². The molecule has 38 heavy (non-hydrogen) atoms. The van der Waals surface area contributed by atoms with Crippen LogP contribution in [0.25, 0.3) is 32.6 Å². The minimum atomic E-state index is -0.615. The molecule has 0 saturated heterocycles. The SMILES string of the molecule is CCCc1nc2c(C)cc(C(=O)N=[N+]=[N-])cc2n1Cc1ccc(-c2ccccc2C(=O)OC(C)(C)C)cc1. The molecule has 0 radical (unpaired) electrons. The van der Waals surface area contributed by atoms with Gasteiger partial charge in [0.1, 0.15) is 11.4 Å². The maximum Gasteiger partial charge on any atom is 0.339 e. The summed E-state index contributed by atoms with van der Waals surface area (Å²) in [7, 11) is 0. The first-order chi connectivity index (χ1) is 18.1. The topological polar surface area (TPSA) is 110 Å². The van der Waals surface area contributed by atoms with Crippen LogP contribution in [0.5, 0.6) is 0 Å². The lowest BCUT2D eigenvalue weighted by molar-refractivity contribution is 0.00703. The Hall–Kier alpha value is -4.42. The number of benzene rings is 3. The van der Waals surface area contributed by atoms with Crippen molar-refractivity contribution >= 4 is 22.9 Å². The third-order valence-electron chi connectivity index (χ3n) is 6.13. The number of hydrogen-bond acceptors (Lipinski definition) is 4. The van der Waals surface area contributed by atoms with Crippen LogP contribution in [0.15, 0.2) is 65.8 Å². The standard InChI is InChI=1S/C30H31N5O3/c1-6-9-26-32-27-19(2)16-22(28(36)33-34-31)17-25(27)35(26)18-20-12-14-21(15-13-20)23-10-7-8-11-24(23)29(37)38-30(3,4)5/h7-8,10-17H,6,9,18H2,1-5H3. The zero-order valence-electron chi connectivity index (χ0n) is 22.4. The summed E-state index contributed by atoms with van der Waals surface area (Å²) < 4.78 is 7.72. The predicted octanol–water partition coefficient (Wildman–Crippen LogP) is 7.42. The largest absolute Gasteiger partial charge is 0.456 e. The van der Waals surface area contributed by atoms with Crippen molar-refractivity contribution < 1.29 is 14.3 Å². The Morgan fingerprint density at radius 3 is 2.45 bits per heavy atom. The first-order valence-corrected chi connectivity index (χ1v) is 12.6. The van der Waals surface area contributed by atoms with Crippen LogP contribution in [0.2, 0.25) is 0 Å². The van der Waals surface area contributed by atoms with E-state index in [0.717, 1.165) is 52.0 Å². The van der Waals surface area contributed by atoms with E-state index in [2.05, 4.69) is 21.5 Å². The Bertz CT molecular complexity index is 1560. The van der Waals surface area contributed by atoms with E-state index in [1.807, 2.05) is 70.2 Å². The van der Waals surface area contributed by atoms with Gasteiger partial charge in [0.25, 0.3) is 0 Å². The molecule has 0 aliphatic carbocycles. The smallest absolute Gasteiger partial charge is 0.339 e. The molecule has 1 amide bonds. The maximum atomic E-state index is 12.8. The lowest BCUT2D eigenvalue weighted by Crippen LogP contribution is -2.24. The Morgan fingerprint density at radius 1 is 1.08 bits per heavy atom. The van der Waals surface area contributed by atoms with Crippen molar-refractivity contribution in [1.29, 1.82) is 0 Å². The van der Waals surface area contributed by atoms with E-state index in [0.29, 0.717) is 17.7 Å². The van der Waals surface area contributed by atoms with Crippen LogP contribution in [-0.2, 0) is 17.7 Å². The molecule has 3 aromatic carbocycles. The Morgan fingerprint density at radius 2 is 1.79 bits per heavy atom. The average Bonchev–Trinajstić information content (AvgIpc) is 3.21. The van der Waals surface area contributed by atoms with Gasteiger partial charge in [-0.3, -0.25) is 4.79 Å². The number of imidazole rings is 1. The third-order valence-corrected chi connectivity index (χ3v) is 6.13. The number of aromatic nitrogens is 2. The number of carbonyl (C=O) groups is 2. The normalized spacial score (nSPS) is 11.3. The molecular weight excluding hydrogens is 478 g/mol. The molecular formula is C30H31N5O3. The molecule has 4 rings (SSSR count). The number of rotatable bonds is 7. The molecule has 0 spiro atoms. The van der Waals surface area contributed by atoms with Crippen LogP contribution in [0.3, 0.4) is 0 Å². The van der Waals surface area contributed by atoms with Gasteiger partial charge >= 0.3 is 5.97 Å². The summed E-state index contributed by atoms with van der Waals surface area (Å²) in [5.41, 5.74) is 14.3. The average molecular weight is 510 g/mol. The quantitative estimate of drug-likeness (QED) is 0.112. The molecule has 0 saturated carbocycles. The molecule has 0 aliphatic rings. The molecule has 1 aromatic heterocycles. The Balaban J connectivity index is 1.70. The zero-order chi connectivity index (χ0) is 27.4. The molecule has 8 heteroatoms. The molecule has 0 aliphatic heterocycles. The molecule has 194 valence electrons. The van der Waals surface area contributed by atoms with Crippen molar-refractivity contribution in [3.63, 3.8) is 0 Å². The highest BCUT2D eigenvalue weighted by molar-refractivity contribution is 5.99. The highest BCUT2D eigenvalue weighted by Crippen LogP contribution is 2.28. The molecule has 0 N–H and O–H groups in total.